The molecule has 3 heteroatoms. The molecule has 0 aromatic carbocycles. The van der Waals surface area contributed by atoms with Crippen LogP contribution in [0.3, 0.4) is 0 Å². The van der Waals surface area contributed by atoms with Gasteiger partial charge in [0.1, 0.15) is 0 Å². The Morgan fingerprint density at radius 3 is 3.09 bits per heavy atom. The second kappa shape index (κ2) is 3.93. The van der Waals surface area contributed by atoms with Crippen molar-refractivity contribution in [2.75, 3.05) is 13.6 Å². The Balaban J connectivity index is 2.37. The molecule has 0 aliphatic rings. The molecule has 0 unspecified atom stereocenters. The number of Topliss-reactive ketones (excluding diaryl/α,β-unsaturated/α-hetero) is 1. The summed E-state index contributed by atoms with van der Waals surface area (Å²) in [4.78, 5) is 11.0. The van der Waals surface area contributed by atoms with Crippen LogP contribution in [0.1, 0.15) is 5.56 Å². The normalized spacial score (nSPS) is 9.91. The average molecular weight is 153 g/mol. The van der Waals surface area contributed by atoms with Gasteiger partial charge >= 0.3 is 0 Å². The Bertz CT molecular complexity index is 216. The molecular weight excluding hydrogens is 142 g/mol. The smallest absolute Gasteiger partial charge is 0.151 e. The molecule has 1 aromatic heterocycles. The van der Waals surface area contributed by atoms with Crippen LogP contribution in [0.25, 0.3) is 0 Å². The largest absolute Gasteiger partial charge is 0.472 e. The van der Waals surface area contributed by atoms with Crippen LogP contribution >= 0.6 is 0 Å². The van der Waals surface area contributed by atoms with Gasteiger partial charge in [-0.15, -0.1) is 0 Å². The summed E-state index contributed by atoms with van der Waals surface area (Å²) in [5, 5.41) is 2.80. The maximum absolute atomic E-state index is 11.0. The van der Waals surface area contributed by atoms with Gasteiger partial charge in [0.05, 0.1) is 19.1 Å². The van der Waals surface area contributed by atoms with E-state index in [-0.39, 0.29) is 5.78 Å². The third-order valence-corrected chi connectivity index (χ3v) is 1.36. The fourth-order valence-corrected chi connectivity index (χ4v) is 0.881. The van der Waals surface area contributed by atoms with Gasteiger partial charge in [-0.1, -0.05) is 0 Å². The van der Waals surface area contributed by atoms with Gasteiger partial charge in [-0.05, 0) is 18.7 Å². The molecule has 1 aromatic rings. The third-order valence-electron chi connectivity index (χ3n) is 1.36. The Morgan fingerprint density at radius 2 is 2.55 bits per heavy atom. The average Bonchev–Trinajstić information content (AvgIpc) is 2.40. The first-order valence-electron chi connectivity index (χ1n) is 3.50. The first-order chi connectivity index (χ1) is 5.33. The molecule has 60 valence electrons. The van der Waals surface area contributed by atoms with Gasteiger partial charge in [0.15, 0.2) is 5.78 Å². The van der Waals surface area contributed by atoms with Crippen LogP contribution in [-0.2, 0) is 11.2 Å². The Morgan fingerprint density at radius 1 is 1.73 bits per heavy atom. The maximum Gasteiger partial charge on any atom is 0.151 e. The zero-order valence-electron chi connectivity index (χ0n) is 6.46. The van der Waals surface area contributed by atoms with Crippen molar-refractivity contribution >= 4 is 5.78 Å². The van der Waals surface area contributed by atoms with E-state index in [2.05, 4.69) is 5.32 Å². The monoisotopic (exact) mass is 153 g/mol. The highest BCUT2D eigenvalue weighted by atomic mass is 16.3. The summed E-state index contributed by atoms with van der Waals surface area (Å²) in [5.74, 6) is 0.175. The highest BCUT2D eigenvalue weighted by molar-refractivity contribution is 5.82. The lowest BCUT2D eigenvalue weighted by Crippen LogP contribution is -2.19. The minimum Gasteiger partial charge on any atom is -0.472 e. The van der Waals surface area contributed by atoms with Crippen LogP contribution < -0.4 is 5.32 Å². The van der Waals surface area contributed by atoms with Gasteiger partial charge < -0.3 is 9.73 Å². The molecule has 0 fully saturated rings. The summed E-state index contributed by atoms with van der Waals surface area (Å²) in [7, 11) is 1.76. The second-order valence-corrected chi connectivity index (χ2v) is 2.38. The molecule has 11 heavy (non-hydrogen) atoms. The van der Waals surface area contributed by atoms with E-state index >= 15 is 0 Å². The summed E-state index contributed by atoms with van der Waals surface area (Å²) in [6.07, 6.45) is 3.62. The third kappa shape index (κ3) is 2.55. The predicted molar refractivity (Wildman–Crippen MR) is 41.3 cm³/mol. The van der Waals surface area contributed by atoms with Crippen LogP contribution in [0.4, 0.5) is 0 Å². The molecule has 0 amide bonds. The molecule has 0 radical (unpaired) electrons. The number of furan rings is 1. The van der Waals surface area contributed by atoms with Crippen molar-refractivity contribution < 1.29 is 9.21 Å². The summed E-state index contributed by atoms with van der Waals surface area (Å²) in [6.45, 7) is 0.422. The van der Waals surface area contributed by atoms with Gasteiger partial charge in [0.2, 0.25) is 0 Å². The van der Waals surface area contributed by atoms with Crippen molar-refractivity contribution in [3.63, 3.8) is 0 Å². The van der Waals surface area contributed by atoms with Crippen molar-refractivity contribution in [1.29, 1.82) is 0 Å². The molecular formula is C8H11NO2. The van der Waals surface area contributed by atoms with Gasteiger partial charge in [-0.25, -0.2) is 0 Å². The van der Waals surface area contributed by atoms with E-state index in [0.29, 0.717) is 13.0 Å². The van der Waals surface area contributed by atoms with Crippen LogP contribution in [0, 0.1) is 0 Å². The van der Waals surface area contributed by atoms with Gasteiger partial charge in [-0.3, -0.25) is 4.79 Å². The van der Waals surface area contributed by atoms with Crippen molar-refractivity contribution in [3.05, 3.63) is 24.2 Å². The zero-order chi connectivity index (χ0) is 8.10. The summed E-state index contributed by atoms with van der Waals surface area (Å²) >= 11 is 0. The fourth-order valence-electron chi connectivity index (χ4n) is 0.881. The van der Waals surface area contributed by atoms with E-state index in [1.807, 2.05) is 0 Å². The minimum atomic E-state index is 0.175. The Kier molecular flexibility index (Phi) is 2.86. The van der Waals surface area contributed by atoms with E-state index in [0.717, 1.165) is 5.56 Å². The van der Waals surface area contributed by atoms with E-state index in [1.54, 1.807) is 25.6 Å². The van der Waals surface area contributed by atoms with E-state index < -0.39 is 0 Å². The van der Waals surface area contributed by atoms with Gasteiger partial charge in [-0.2, -0.15) is 0 Å². The topological polar surface area (TPSA) is 42.2 Å². The van der Waals surface area contributed by atoms with Crippen molar-refractivity contribution in [3.8, 4) is 0 Å². The number of carbonyl (C=O) groups excluding carboxylic acids is 1. The molecule has 0 saturated heterocycles. The van der Waals surface area contributed by atoms with Crippen LogP contribution in [0.15, 0.2) is 23.0 Å². The van der Waals surface area contributed by atoms with Gasteiger partial charge in [0, 0.05) is 6.42 Å². The highest BCUT2D eigenvalue weighted by Gasteiger charge is 2.01. The van der Waals surface area contributed by atoms with Crippen molar-refractivity contribution in [2.45, 2.75) is 6.42 Å². The van der Waals surface area contributed by atoms with Crippen LogP contribution in [-0.4, -0.2) is 19.4 Å². The number of hydrogen-bond acceptors (Lipinski definition) is 3. The molecule has 0 aliphatic heterocycles. The lowest BCUT2D eigenvalue weighted by Gasteiger charge is -1.95. The van der Waals surface area contributed by atoms with E-state index in [4.69, 9.17) is 4.42 Å². The highest BCUT2D eigenvalue weighted by Crippen LogP contribution is 2.00. The van der Waals surface area contributed by atoms with Crippen LogP contribution in [0.2, 0.25) is 0 Å². The number of ketones is 1. The maximum atomic E-state index is 11.0. The number of carbonyl (C=O) groups is 1. The molecule has 1 heterocycles. The first-order valence-corrected chi connectivity index (χ1v) is 3.50. The predicted octanol–water partition coefficient (Wildman–Crippen LogP) is 0.611. The SMILES string of the molecule is CNCC(=O)Cc1ccoc1. The molecule has 0 saturated carbocycles. The second-order valence-electron chi connectivity index (χ2n) is 2.38. The number of rotatable bonds is 4. The van der Waals surface area contributed by atoms with Crippen molar-refractivity contribution in [2.24, 2.45) is 0 Å². The molecule has 0 aliphatic carbocycles. The van der Waals surface area contributed by atoms with Gasteiger partial charge in [0.25, 0.3) is 0 Å². The fraction of sp³-hybridized carbons (Fsp3) is 0.375. The number of hydrogen-bond donors (Lipinski definition) is 1. The van der Waals surface area contributed by atoms with Crippen LogP contribution in [0.5, 0.6) is 0 Å². The first kappa shape index (κ1) is 8.01. The number of likely N-dealkylation sites (N-methyl/N-ethyl adjacent to an activating group) is 1. The molecule has 1 N–H and O–H groups in total. The lowest BCUT2D eigenvalue weighted by molar-refractivity contribution is -0.117. The summed E-state index contributed by atoms with van der Waals surface area (Å²) < 4.78 is 4.82. The molecule has 1 rings (SSSR count). The Labute approximate surface area is 65.4 Å². The van der Waals surface area contributed by atoms with E-state index in [9.17, 15) is 4.79 Å². The van der Waals surface area contributed by atoms with E-state index in [1.165, 1.54) is 0 Å². The minimum absolute atomic E-state index is 0.175. The number of nitrogens with one attached hydrogen (secondary N) is 1. The Hall–Kier alpha value is -1.09. The summed E-state index contributed by atoms with van der Waals surface area (Å²) in [5.41, 5.74) is 0.935. The quantitative estimate of drug-likeness (QED) is 0.689. The molecule has 3 nitrogen and oxygen atoms in total. The molecule has 0 bridgehead atoms. The molecule has 0 atom stereocenters. The summed E-state index contributed by atoms with van der Waals surface area (Å²) in [6, 6.07) is 1.80. The molecule has 0 spiro atoms. The van der Waals surface area contributed by atoms with Crippen molar-refractivity contribution in [1.82, 2.24) is 5.32 Å². The standard InChI is InChI=1S/C8H11NO2/c1-9-5-8(10)4-7-2-3-11-6-7/h2-3,6,9H,4-5H2,1H3. The zero-order valence-corrected chi connectivity index (χ0v) is 6.46. The lowest BCUT2D eigenvalue weighted by atomic mass is 10.2.